The minimum atomic E-state index is -0.0645. The van der Waals surface area contributed by atoms with Crippen LogP contribution in [-0.2, 0) is 6.61 Å². The first kappa shape index (κ1) is 13.5. The fourth-order valence-corrected chi connectivity index (χ4v) is 1.19. The Hall–Kier alpha value is -0.510. The molecule has 3 N–H and O–H groups in total. The molecule has 82 valence electrons. The second-order valence-electron chi connectivity index (χ2n) is 3.37. The topological polar surface area (TPSA) is 59.4 Å². The van der Waals surface area contributed by atoms with E-state index < -0.39 is 0 Å². The molecule has 0 radical (unpaired) electrons. The maximum atomic E-state index is 8.79. The second-order valence-corrected chi connectivity index (χ2v) is 3.37. The predicted octanol–water partition coefficient (Wildman–Crippen LogP) is 2.24. The van der Waals surface area contributed by atoms with Crippen molar-refractivity contribution in [3.63, 3.8) is 0 Å². The van der Waals surface area contributed by atoms with Gasteiger partial charge in [0.15, 0.2) is 0 Å². The molecule has 0 saturated heterocycles. The van der Waals surface area contributed by atoms with Crippen molar-refractivity contribution in [2.75, 3.05) is 0 Å². The van der Waals surface area contributed by atoms with Crippen molar-refractivity contribution in [1.82, 2.24) is 0 Å². The van der Waals surface area contributed by atoms with E-state index in [1.54, 1.807) is 6.07 Å². The summed E-state index contributed by atoms with van der Waals surface area (Å²) in [6, 6.07) is 3.53. The molecule has 1 aromatic rings. The molecule has 0 saturated carbocycles. The van der Waals surface area contributed by atoms with Gasteiger partial charge < -0.3 is 15.3 Å². The number of aliphatic hydroxyl groups excluding tert-OH is 1. The molecule has 0 aliphatic rings. The van der Waals surface area contributed by atoms with Gasteiger partial charge in [0, 0.05) is 0 Å². The molecule has 14 heavy (non-hydrogen) atoms. The van der Waals surface area contributed by atoms with Crippen LogP contribution < -0.4 is 5.73 Å². The van der Waals surface area contributed by atoms with Crippen molar-refractivity contribution in [2.24, 2.45) is 11.7 Å². The van der Waals surface area contributed by atoms with Gasteiger partial charge in [0.2, 0.25) is 0 Å². The molecule has 0 aromatic carbocycles. The maximum absolute atomic E-state index is 8.79. The van der Waals surface area contributed by atoms with E-state index in [4.69, 9.17) is 15.3 Å². The number of furan rings is 1. The number of nitrogens with two attached hydrogens (primary N) is 1. The summed E-state index contributed by atoms with van der Waals surface area (Å²) in [5.41, 5.74) is 5.94. The zero-order chi connectivity index (χ0) is 9.84. The molecule has 3 nitrogen and oxygen atoms in total. The molecule has 1 rings (SSSR count). The van der Waals surface area contributed by atoms with Gasteiger partial charge in [-0.05, 0) is 18.1 Å². The summed E-state index contributed by atoms with van der Waals surface area (Å²) in [7, 11) is 0. The van der Waals surface area contributed by atoms with Gasteiger partial charge in [-0.1, -0.05) is 20.3 Å². The molecule has 0 bridgehead atoms. The highest BCUT2D eigenvalue weighted by atomic mass is 35.5. The summed E-state index contributed by atoms with van der Waals surface area (Å²) in [4.78, 5) is 0. The lowest BCUT2D eigenvalue weighted by molar-refractivity contribution is 0.238. The Morgan fingerprint density at radius 2 is 2.14 bits per heavy atom. The van der Waals surface area contributed by atoms with Crippen LogP contribution in [-0.4, -0.2) is 5.11 Å². The summed E-state index contributed by atoms with van der Waals surface area (Å²) >= 11 is 0. The Kier molecular flexibility index (Phi) is 5.84. The zero-order valence-corrected chi connectivity index (χ0v) is 9.38. The van der Waals surface area contributed by atoms with Gasteiger partial charge >= 0.3 is 0 Å². The molecule has 0 aliphatic carbocycles. The summed E-state index contributed by atoms with van der Waals surface area (Å²) in [5.74, 6) is 1.74. The van der Waals surface area contributed by atoms with Crippen LogP contribution in [0.15, 0.2) is 16.5 Å². The van der Waals surface area contributed by atoms with Gasteiger partial charge in [-0.3, -0.25) is 0 Å². The Labute approximate surface area is 90.7 Å². The first-order valence-electron chi connectivity index (χ1n) is 4.64. The standard InChI is InChI=1S/C10H17NO2.ClH/c1-3-7(2)10(11)9-5-4-8(6-12)13-9;/h4-5,7,10,12H,3,6,11H2,1-2H3;1H/t7?,10-;/m1./s1. The molecule has 0 aliphatic heterocycles. The van der Waals surface area contributed by atoms with Gasteiger partial charge in [0.05, 0.1) is 6.04 Å². The number of rotatable bonds is 4. The first-order chi connectivity index (χ1) is 6.19. The average molecular weight is 220 g/mol. The lowest BCUT2D eigenvalue weighted by atomic mass is 9.98. The minimum Gasteiger partial charge on any atom is -0.462 e. The van der Waals surface area contributed by atoms with E-state index in [1.165, 1.54) is 0 Å². The van der Waals surface area contributed by atoms with Crippen LogP contribution in [0.1, 0.15) is 37.8 Å². The lowest BCUT2D eigenvalue weighted by Gasteiger charge is -2.15. The van der Waals surface area contributed by atoms with Crippen molar-refractivity contribution < 1.29 is 9.52 Å². The van der Waals surface area contributed by atoms with Gasteiger partial charge in [-0.25, -0.2) is 0 Å². The largest absolute Gasteiger partial charge is 0.462 e. The van der Waals surface area contributed by atoms with Crippen molar-refractivity contribution in [2.45, 2.75) is 32.9 Å². The van der Waals surface area contributed by atoms with Crippen LogP contribution in [0.5, 0.6) is 0 Å². The summed E-state index contributed by atoms with van der Waals surface area (Å²) in [5, 5.41) is 8.79. The van der Waals surface area contributed by atoms with E-state index in [0.717, 1.165) is 12.2 Å². The van der Waals surface area contributed by atoms with Crippen LogP contribution >= 0.6 is 12.4 Å². The molecule has 4 heteroatoms. The zero-order valence-electron chi connectivity index (χ0n) is 8.56. The number of halogens is 1. The van der Waals surface area contributed by atoms with Gasteiger partial charge in [0.1, 0.15) is 18.1 Å². The van der Waals surface area contributed by atoms with Crippen LogP contribution in [0.3, 0.4) is 0 Å². The minimum absolute atomic E-state index is 0. The van der Waals surface area contributed by atoms with Crippen molar-refractivity contribution >= 4 is 12.4 Å². The number of hydrogen-bond donors (Lipinski definition) is 2. The summed E-state index contributed by atoms with van der Waals surface area (Å²) < 4.78 is 5.34. The van der Waals surface area contributed by atoms with Crippen LogP contribution in [0.25, 0.3) is 0 Å². The lowest BCUT2D eigenvalue weighted by Crippen LogP contribution is -2.17. The Morgan fingerprint density at radius 3 is 2.57 bits per heavy atom. The molecular weight excluding hydrogens is 202 g/mol. The molecule has 0 spiro atoms. The third kappa shape index (κ3) is 3.01. The van der Waals surface area contributed by atoms with E-state index >= 15 is 0 Å². The molecule has 2 atom stereocenters. The first-order valence-corrected chi connectivity index (χ1v) is 4.64. The maximum Gasteiger partial charge on any atom is 0.129 e. The average Bonchev–Trinajstić information content (AvgIpc) is 2.63. The van der Waals surface area contributed by atoms with Crippen LogP contribution in [0, 0.1) is 5.92 Å². The van der Waals surface area contributed by atoms with E-state index in [0.29, 0.717) is 11.7 Å². The van der Waals surface area contributed by atoms with Crippen molar-refractivity contribution in [3.05, 3.63) is 23.7 Å². The fourth-order valence-electron chi connectivity index (χ4n) is 1.19. The monoisotopic (exact) mass is 219 g/mol. The smallest absolute Gasteiger partial charge is 0.129 e. The van der Waals surface area contributed by atoms with Crippen LogP contribution in [0.2, 0.25) is 0 Å². The molecule has 0 fully saturated rings. The van der Waals surface area contributed by atoms with Crippen molar-refractivity contribution in [3.8, 4) is 0 Å². The summed E-state index contributed by atoms with van der Waals surface area (Å²) in [6.45, 7) is 4.12. The quantitative estimate of drug-likeness (QED) is 0.817. The molecule has 1 aromatic heterocycles. The Balaban J connectivity index is 0.00000169. The van der Waals surface area contributed by atoms with Crippen molar-refractivity contribution in [1.29, 1.82) is 0 Å². The normalized spacial score (nSPS) is 14.6. The molecule has 1 unspecified atom stereocenters. The fraction of sp³-hybridized carbons (Fsp3) is 0.600. The van der Waals surface area contributed by atoms with E-state index in [-0.39, 0.29) is 25.1 Å². The van der Waals surface area contributed by atoms with E-state index in [9.17, 15) is 0 Å². The summed E-state index contributed by atoms with van der Waals surface area (Å²) in [6.07, 6.45) is 1.02. The SMILES string of the molecule is CCC(C)[C@@H](N)c1ccc(CO)o1.Cl. The van der Waals surface area contributed by atoms with Crippen LogP contribution in [0.4, 0.5) is 0 Å². The van der Waals surface area contributed by atoms with Gasteiger partial charge in [-0.2, -0.15) is 0 Å². The van der Waals surface area contributed by atoms with E-state index in [2.05, 4.69) is 13.8 Å². The number of aliphatic hydroxyl groups is 1. The third-order valence-corrected chi connectivity index (χ3v) is 2.42. The molecular formula is C10H18ClNO2. The van der Waals surface area contributed by atoms with Gasteiger partial charge in [0.25, 0.3) is 0 Å². The highest BCUT2D eigenvalue weighted by molar-refractivity contribution is 5.85. The molecule has 1 heterocycles. The predicted molar refractivity (Wildman–Crippen MR) is 58.3 cm³/mol. The number of hydrogen-bond acceptors (Lipinski definition) is 3. The van der Waals surface area contributed by atoms with Gasteiger partial charge in [-0.15, -0.1) is 12.4 Å². The second kappa shape index (κ2) is 6.06. The Bertz CT molecular complexity index is 262. The van der Waals surface area contributed by atoms with E-state index in [1.807, 2.05) is 6.07 Å². The third-order valence-electron chi connectivity index (χ3n) is 2.42. The Morgan fingerprint density at radius 1 is 1.50 bits per heavy atom. The molecule has 0 amide bonds. The highest BCUT2D eigenvalue weighted by Crippen LogP contribution is 2.23. The highest BCUT2D eigenvalue weighted by Gasteiger charge is 2.16.